The number of carbonyl (C=O) groups excluding carboxylic acids is 3. The second kappa shape index (κ2) is 14.6. The van der Waals surface area contributed by atoms with Crippen LogP contribution < -0.4 is 30.8 Å². The highest BCUT2D eigenvalue weighted by atomic mass is 35.5. The molecule has 1 heterocycles. The summed E-state index contributed by atoms with van der Waals surface area (Å²) in [4.78, 5) is 35.8. The van der Waals surface area contributed by atoms with E-state index >= 15 is 0 Å². The topological polar surface area (TPSA) is 150 Å². The molecule has 216 valence electrons. The van der Waals surface area contributed by atoms with Crippen molar-refractivity contribution in [2.24, 2.45) is 5.10 Å². The van der Waals surface area contributed by atoms with Gasteiger partial charge in [0, 0.05) is 43.6 Å². The molecule has 0 radical (unpaired) electrons. The van der Waals surface area contributed by atoms with Gasteiger partial charge in [0.15, 0.2) is 6.61 Å². The first-order valence-electron chi connectivity index (χ1n) is 13.0. The predicted molar refractivity (Wildman–Crippen MR) is 152 cm³/mol. The van der Waals surface area contributed by atoms with Crippen LogP contribution >= 0.6 is 11.6 Å². The lowest BCUT2D eigenvalue weighted by Crippen LogP contribution is -2.42. The zero-order chi connectivity index (χ0) is 29.1. The fourth-order valence-corrected chi connectivity index (χ4v) is 3.77. The molecule has 2 aromatic carbocycles. The van der Waals surface area contributed by atoms with Crippen molar-refractivity contribution in [1.82, 2.24) is 21.4 Å². The lowest BCUT2D eigenvalue weighted by Gasteiger charge is -2.22. The van der Waals surface area contributed by atoms with Crippen molar-refractivity contribution < 1.29 is 29.0 Å². The van der Waals surface area contributed by atoms with Crippen molar-refractivity contribution in [3.63, 3.8) is 0 Å². The number of aliphatic hydroxyl groups excluding tert-OH is 1. The number of carbonyl (C=O) groups is 3. The molecule has 3 rings (SSSR count). The van der Waals surface area contributed by atoms with E-state index in [1.807, 2.05) is 20.8 Å². The molecule has 0 fully saturated rings. The Labute approximate surface area is 238 Å². The molecule has 1 aliphatic heterocycles. The summed E-state index contributed by atoms with van der Waals surface area (Å²) in [6, 6.07) is 11.7. The second-order valence-corrected chi connectivity index (χ2v) is 10.7. The minimum Gasteiger partial charge on any atom is -0.491 e. The third kappa shape index (κ3) is 10.5. The van der Waals surface area contributed by atoms with Gasteiger partial charge in [0.2, 0.25) is 5.91 Å². The number of amides is 3. The number of aliphatic hydroxyl groups is 1. The molecule has 0 spiro atoms. The first kappa shape index (κ1) is 30.9. The average Bonchev–Trinajstić information content (AvgIpc) is 2.92. The van der Waals surface area contributed by atoms with Gasteiger partial charge in [-0.2, -0.15) is 5.10 Å². The summed E-state index contributed by atoms with van der Waals surface area (Å²) in [5.74, 6) is 0.107. The molecule has 0 aliphatic carbocycles. The van der Waals surface area contributed by atoms with Gasteiger partial charge in [-0.25, -0.2) is 5.43 Å². The number of β-amino-alcohol motifs (C(OH)–C–C–N with tert-alkyl or cyclic N) is 1. The first-order valence-corrected chi connectivity index (χ1v) is 13.4. The van der Waals surface area contributed by atoms with Crippen LogP contribution in [0.2, 0.25) is 5.02 Å². The van der Waals surface area contributed by atoms with Crippen LogP contribution in [0.5, 0.6) is 11.5 Å². The summed E-state index contributed by atoms with van der Waals surface area (Å²) in [6.45, 7) is 6.79. The Morgan fingerprint density at radius 2 is 1.80 bits per heavy atom. The predicted octanol–water partition coefficient (Wildman–Crippen LogP) is 2.01. The largest absolute Gasteiger partial charge is 0.491 e. The van der Waals surface area contributed by atoms with E-state index in [0.29, 0.717) is 41.5 Å². The van der Waals surface area contributed by atoms with Gasteiger partial charge in [-0.3, -0.25) is 14.4 Å². The van der Waals surface area contributed by atoms with Crippen LogP contribution in [-0.4, -0.2) is 73.0 Å². The maximum Gasteiger partial charge on any atom is 0.258 e. The van der Waals surface area contributed by atoms with Crippen LogP contribution in [-0.2, 0) is 9.59 Å². The molecule has 1 atom stereocenters. The maximum atomic E-state index is 12.4. The van der Waals surface area contributed by atoms with Gasteiger partial charge >= 0.3 is 0 Å². The molecule has 3 amide bonds. The highest BCUT2D eigenvalue weighted by Crippen LogP contribution is 2.26. The minimum atomic E-state index is -0.659. The standard InChI is InChI=1S/C28H36ClN5O6/c1-28(2,3)32-15-20(35)16-39-21-7-4-18(5-8-21)27(38)31-13-12-30-26(37)17-40-24-10-6-19(14-22(24)29)23-9-11-25(36)34-33-23/h4-8,10,14,20,32,35H,9,11-13,15-17H2,1-3H3,(H,30,37)(H,31,38)(H,34,36)/t20-/m1/s1. The molecule has 0 bridgehead atoms. The fourth-order valence-electron chi connectivity index (χ4n) is 3.53. The van der Waals surface area contributed by atoms with Crippen LogP contribution in [0.1, 0.15) is 49.5 Å². The molecule has 2 aromatic rings. The van der Waals surface area contributed by atoms with Gasteiger partial charge in [0.05, 0.1) is 10.7 Å². The summed E-state index contributed by atoms with van der Waals surface area (Å²) in [5.41, 5.74) is 4.28. The van der Waals surface area contributed by atoms with Gasteiger partial charge in [-0.05, 0) is 68.8 Å². The molecule has 0 unspecified atom stereocenters. The molecule has 12 heteroatoms. The monoisotopic (exact) mass is 573 g/mol. The van der Waals surface area contributed by atoms with Crippen LogP contribution in [0.15, 0.2) is 47.6 Å². The van der Waals surface area contributed by atoms with Gasteiger partial charge in [-0.1, -0.05) is 11.6 Å². The van der Waals surface area contributed by atoms with Crippen LogP contribution in [0.25, 0.3) is 0 Å². The number of nitrogens with one attached hydrogen (secondary N) is 4. The zero-order valence-corrected chi connectivity index (χ0v) is 23.6. The second-order valence-electron chi connectivity index (χ2n) is 10.3. The third-order valence-corrected chi connectivity index (χ3v) is 5.98. The van der Waals surface area contributed by atoms with E-state index in [9.17, 15) is 19.5 Å². The van der Waals surface area contributed by atoms with E-state index in [0.717, 1.165) is 11.3 Å². The van der Waals surface area contributed by atoms with Gasteiger partial charge in [0.1, 0.15) is 24.2 Å². The van der Waals surface area contributed by atoms with E-state index in [2.05, 4.69) is 26.5 Å². The molecule has 0 aromatic heterocycles. The Morgan fingerprint density at radius 1 is 1.07 bits per heavy atom. The first-order chi connectivity index (χ1) is 19.0. The Balaban J connectivity index is 1.33. The Morgan fingerprint density at radius 3 is 2.45 bits per heavy atom. The van der Waals surface area contributed by atoms with E-state index in [1.165, 1.54) is 0 Å². The van der Waals surface area contributed by atoms with E-state index in [4.69, 9.17) is 21.1 Å². The molecular weight excluding hydrogens is 538 g/mol. The SMILES string of the molecule is CC(C)(C)NC[C@@H](O)COc1ccc(C(=O)NCCNC(=O)COc2ccc(C3=NNC(=O)CC3)cc2Cl)cc1. The Kier molecular flexibility index (Phi) is 11.3. The van der Waals surface area contributed by atoms with Crippen molar-refractivity contribution in [3.05, 3.63) is 58.6 Å². The van der Waals surface area contributed by atoms with Crippen molar-refractivity contribution in [1.29, 1.82) is 0 Å². The fraction of sp³-hybridized carbons (Fsp3) is 0.429. The minimum absolute atomic E-state index is 0.0948. The molecule has 1 aliphatic rings. The molecule has 40 heavy (non-hydrogen) atoms. The van der Waals surface area contributed by atoms with Gasteiger partial charge in [-0.15, -0.1) is 0 Å². The number of hydrogen-bond acceptors (Lipinski definition) is 8. The molecule has 0 saturated carbocycles. The van der Waals surface area contributed by atoms with Crippen LogP contribution in [0.3, 0.4) is 0 Å². The summed E-state index contributed by atoms with van der Waals surface area (Å²) >= 11 is 6.28. The molecular formula is C28H36ClN5O6. The van der Waals surface area contributed by atoms with Crippen molar-refractivity contribution in [3.8, 4) is 11.5 Å². The number of halogens is 1. The number of nitrogens with zero attached hydrogens (tertiary/aromatic N) is 1. The lowest BCUT2D eigenvalue weighted by atomic mass is 10.0. The Bertz CT molecular complexity index is 1210. The van der Waals surface area contributed by atoms with Gasteiger partial charge in [0.25, 0.3) is 11.8 Å². The smallest absolute Gasteiger partial charge is 0.258 e. The molecule has 0 saturated heterocycles. The molecule has 11 nitrogen and oxygen atoms in total. The molecule has 5 N–H and O–H groups in total. The van der Waals surface area contributed by atoms with Crippen LogP contribution in [0, 0.1) is 0 Å². The summed E-state index contributed by atoms with van der Waals surface area (Å²) < 4.78 is 11.1. The van der Waals surface area contributed by atoms with Crippen LogP contribution in [0.4, 0.5) is 0 Å². The third-order valence-electron chi connectivity index (χ3n) is 5.69. The lowest BCUT2D eigenvalue weighted by molar-refractivity contribution is -0.123. The quantitative estimate of drug-likeness (QED) is 0.230. The highest BCUT2D eigenvalue weighted by Gasteiger charge is 2.16. The highest BCUT2D eigenvalue weighted by molar-refractivity contribution is 6.32. The van der Waals surface area contributed by atoms with E-state index < -0.39 is 6.10 Å². The van der Waals surface area contributed by atoms with E-state index in [-0.39, 0.29) is 49.6 Å². The van der Waals surface area contributed by atoms with Gasteiger partial charge < -0.3 is 30.5 Å². The summed E-state index contributed by atoms with van der Waals surface area (Å²) in [6.07, 6.45) is 0.217. The normalized spacial score (nSPS) is 14.0. The number of benzene rings is 2. The average molecular weight is 574 g/mol. The maximum absolute atomic E-state index is 12.4. The van der Waals surface area contributed by atoms with Crippen molar-refractivity contribution in [2.45, 2.75) is 45.3 Å². The zero-order valence-electron chi connectivity index (χ0n) is 22.9. The number of hydrazone groups is 1. The van der Waals surface area contributed by atoms with E-state index in [1.54, 1.807) is 42.5 Å². The summed E-state index contributed by atoms with van der Waals surface area (Å²) in [7, 11) is 0. The number of ether oxygens (including phenoxy) is 2. The number of hydrogen-bond donors (Lipinski definition) is 5. The van der Waals surface area contributed by atoms with Crippen molar-refractivity contribution >= 4 is 35.0 Å². The summed E-state index contributed by atoms with van der Waals surface area (Å²) in [5, 5.41) is 23.0. The Hall–Kier alpha value is -3.67. The van der Waals surface area contributed by atoms with Crippen molar-refractivity contribution in [2.75, 3.05) is 32.8 Å². The number of rotatable bonds is 13.